The van der Waals surface area contributed by atoms with E-state index in [9.17, 15) is 0 Å². The van der Waals surface area contributed by atoms with Gasteiger partial charge in [-0.15, -0.1) is 0 Å². The second kappa shape index (κ2) is 4.44. The first-order valence-electron chi connectivity index (χ1n) is 4.89. The van der Waals surface area contributed by atoms with Gasteiger partial charge >= 0.3 is 0 Å². The van der Waals surface area contributed by atoms with E-state index in [4.69, 9.17) is 9.05 Å². The molecule has 1 aliphatic rings. The van der Waals surface area contributed by atoms with Gasteiger partial charge in [-0.1, -0.05) is 19.9 Å². The summed E-state index contributed by atoms with van der Waals surface area (Å²) in [5, 5.41) is 3.13. The number of nitrogens with one attached hydrogen (secondary N) is 1. The van der Waals surface area contributed by atoms with E-state index in [2.05, 4.69) is 23.9 Å². The zero-order valence-corrected chi connectivity index (χ0v) is 9.83. The van der Waals surface area contributed by atoms with E-state index in [0.29, 0.717) is 0 Å². The van der Waals surface area contributed by atoms with Crippen LogP contribution in [-0.4, -0.2) is 18.2 Å². The topological polar surface area (TPSA) is 43.4 Å². The summed E-state index contributed by atoms with van der Waals surface area (Å²) in [4.78, 5) is 4.15. The summed E-state index contributed by atoms with van der Waals surface area (Å²) < 4.78 is 11.2. The number of hydrogen-bond acceptors (Lipinski definition) is 4. The first-order chi connectivity index (χ1) is 7.16. The van der Waals surface area contributed by atoms with Gasteiger partial charge in [-0.05, 0) is 12.1 Å². The van der Waals surface area contributed by atoms with Crippen molar-refractivity contribution in [2.24, 2.45) is 5.41 Å². The number of anilines is 1. The van der Waals surface area contributed by atoms with Crippen LogP contribution >= 0.6 is 8.53 Å². The predicted octanol–water partition coefficient (Wildman–Crippen LogP) is 2.79. The van der Waals surface area contributed by atoms with Crippen LogP contribution in [-0.2, 0) is 9.05 Å². The summed E-state index contributed by atoms with van der Waals surface area (Å²) >= 11 is 0. The lowest BCUT2D eigenvalue weighted by molar-refractivity contribution is 0.0635. The molecule has 2 rings (SSSR count). The maximum Gasteiger partial charge on any atom is 0.288 e. The molecule has 1 aromatic rings. The Labute approximate surface area is 91.0 Å². The Balaban J connectivity index is 1.88. The van der Waals surface area contributed by atoms with Gasteiger partial charge in [0.05, 0.1) is 13.2 Å². The molecule has 4 nitrogen and oxygen atoms in total. The molecule has 1 aromatic heterocycles. The van der Waals surface area contributed by atoms with E-state index < -0.39 is 8.53 Å². The van der Waals surface area contributed by atoms with Crippen molar-refractivity contribution in [2.75, 3.05) is 18.3 Å². The molecule has 0 atom stereocenters. The molecule has 5 heteroatoms. The zero-order chi connectivity index (χ0) is 10.7. The van der Waals surface area contributed by atoms with Crippen LogP contribution in [0.1, 0.15) is 13.8 Å². The average molecular weight is 226 g/mol. The molecule has 0 radical (unpaired) electrons. The van der Waals surface area contributed by atoms with Crippen LogP contribution < -0.4 is 5.09 Å². The summed E-state index contributed by atoms with van der Waals surface area (Å²) in [5.41, 5.74) is 0.116. The average Bonchev–Trinajstić information content (AvgIpc) is 2.23. The van der Waals surface area contributed by atoms with Crippen molar-refractivity contribution in [3.63, 3.8) is 0 Å². The first-order valence-corrected chi connectivity index (χ1v) is 6.07. The highest BCUT2D eigenvalue weighted by atomic mass is 31.2. The van der Waals surface area contributed by atoms with Crippen molar-refractivity contribution in [1.82, 2.24) is 4.98 Å². The van der Waals surface area contributed by atoms with Gasteiger partial charge in [0.25, 0.3) is 8.53 Å². The summed E-state index contributed by atoms with van der Waals surface area (Å²) in [7, 11) is -1.02. The molecule has 0 unspecified atom stereocenters. The summed E-state index contributed by atoms with van der Waals surface area (Å²) in [6, 6.07) is 5.71. The van der Waals surface area contributed by atoms with Crippen molar-refractivity contribution in [3.8, 4) is 0 Å². The Kier molecular flexibility index (Phi) is 3.19. The van der Waals surface area contributed by atoms with Crippen LogP contribution in [0.4, 0.5) is 5.82 Å². The third kappa shape index (κ3) is 3.13. The second-order valence-corrected chi connectivity index (χ2v) is 5.55. The van der Waals surface area contributed by atoms with Gasteiger partial charge in [-0.2, -0.15) is 0 Å². The monoisotopic (exact) mass is 226 g/mol. The minimum atomic E-state index is -1.02. The number of aromatic nitrogens is 1. The smallest absolute Gasteiger partial charge is 0.288 e. The highest BCUT2D eigenvalue weighted by Crippen LogP contribution is 2.45. The molecule has 0 spiro atoms. The third-order valence-corrected chi connectivity index (χ3v) is 3.15. The maximum absolute atomic E-state index is 5.59. The van der Waals surface area contributed by atoms with Crippen LogP contribution in [0.25, 0.3) is 0 Å². The normalized spacial score (nSPS) is 21.2. The lowest BCUT2D eigenvalue weighted by atomic mass is 9.97. The summed E-state index contributed by atoms with van der Waals surface area (Å²) in [5.74, 6) is 0.795. The summed E-state index contributed by atoms with van der Waals surface area (Å²) in [6.07, 6.45) is 1.74. The molecule has 0 aromatic carbocycles. The third-order valence-electron chi connectivity index (χ3n) is 2.02. The van der Waals surface area contributed by atoms with E-state index in [0.717, 1.165) is 19.0 Å². The van der Waals surface area contributed by atoms with Gasteiger partial charge in [0.2, 0.25) is 0 Å². The Morgan fingerprint density at radius 1 is 1.33 bits per heavy atom. The highest BCUT2D eigenvalue weighted by molar-refractivity contribution is 7.49. The molecule has 0 amide bonds. The van der Waals surface area contributed by atoms with E-state index in [1.54, 1.807) is 6.20 Å². The second-order valence-electron chi connectivity index (χ2n) is 4.29. The lowest BCUT2D eigenvalue weighted by Gasteiger charge is -2.33. The number of pyridine rings is 1. The minimum Gasteiger partial charge on any atom is -0.317 e. The van der Waals surface area contributed by atoms with E-state index in [1.165, 1.54) is 0 Å². The van der Waals surface area contributed by atoms with Gasteiger partial charge in [-0.25, -0.2) is 4.98 Å². The van der Waals surface area contributed by atoms with E-state index in [1.807, 2.05) is 18.2 Å². The van der Waals surface area contributed by atoms with Crippen molar-refractivity contribution < 1.29 is 9.05 Å². The van der Waals surface area contributed by atoms with Crippen molar-refractivity contribution in [2.45, 2.75) is 13.8 Å². The highest BCUT2D eigenvalue weighted by Gasteiger charge is 2.29. The maximum atomic E-state index is 5.59. The van der Waals surface area contributed by atoms with Crippen LogP contribution in [0.5, 0.6) is 0 Å². The molecular weight excluding hydrogens is 211 g/mol. The zero-order valence-electron chi connectivity index (χ0n) is 8.93. The van der Waals surface area contributed by atoms with Gasteiger partial charge < -0.3 is 14.1 Å². The fourth-order valence-electron chi connectivity index (χ4n) is 1.13. The van der Waals surface area contributed by atoms with E-state index >= 15 is 0 Å². The molecular formula is C10H15N2O2P. The lowest BCUT2D eigenvalue weighted by Crippen LogP contribution is -2.29. The molecule has 1 fully saturated rings. The molecule has 2 heterocycles. The standard InChI is InChI=1S/C10H15N2O2P/c1-10(2)7-13-15(14-8-10)12-9-5-3-4-6-11-9/h3-6H,7-8H2,1-2H3,(H,11,12). The molecule has 0 aliphatic carbocycles. The van der Waals surface area contributed by atoms with Crippen molar-refractivity contribution >= 4 is 14.3 Å². The fraction of sp³-hybridized carbons (Fsp3) is 0.500. The van der Waals surface area contributed by atoms with E-state index in [-0.39, 0.29) is 5.41 Å². The van der Waals surface area contributed by atoms with Gasteiger partial charge in [0, 0.05) is 11.6 Å². The Morgan fingerprint density at radius 3 is 2.67 bits per heavy atom. The quantitative estimate of drug-likeness (QED) is 0.787. The van der Waals surface area contributed by atoms with Gasteiger partial charge in [0.15, 0.2) is 0 Å². The molecule has 1 aliphatic heterocycles. The SMILES string of the molecule is CC1(C)COP(Nc2ccccn2)OC1. The molecule has 82 valence electrons. The minimum absolute atomic E-state index is 0.116. The number of hydrogen-bond donors (Lipinski definition) is 1. The molecule has 1 saturated heterocycles. The number of rotatable bonds is 2. The number of nitrogens with zero attached hydrogens (tertiary/aromatic N) is 1. The van der Waals surface area contributed by atoms with Crippen LogP contribution in [0.3, 0.4) is 0 Å². The molecule has 15 heavy (non-hydrogen) atoms. The first kappa shape index (κ1) is 10.8. The van der Waals surface area contributed by atoms with Crippen LogP contribution in [0, 0.1) is 5.41 Å². The Hall–Kier alpha value is -0.700. The summed E-state index contributed by atoms with van der Waals surface area (Å²) in [6.45, 7) is 5.69. The van der Waals surface area contributed by atoms with Crippen molar-refractivity contribution in [3.05, 3.63) is 24.4 Å². The van der Waals surface area contributed by atoms with Gasteiger partial charge in [0.1, 0.15) is 5.82 Å². The van der Waals surface area contributed by atoms with Crippen LogP contribution in [0.2, 0.25) is 0 Å². The van der Waals surface area contributed by atoms with Crippen LogP contribution in [0.15, 0.2) is 24.4 Å². The largest absolute Gasteiger partial charge is 0.317 e. The Morgan fingerprint density at radius 2 is 2.07 bits per heavy atom. The fourth-order valence-corrected chi connectivity index (χ4v) is 2.59. The molecule has 0 bridgehead atoms. The Bertz CT molecular complexity index is 308. The predicted molar refractivity (Wildman–Crippen MR) is 60.5 cm³/mol. The van der Waals surface area contributed by atoms with Crippen molar-refractivity contribution in [1.29, 1.82) is 0 Å². The molecule has 1 N–H and O–H groups in total. The van der Waals surface area contributed by atoms with Gasteiger partial charge in [-0.3, -0.25) is 0 Å². The molecule has 0 saturated carbocycles.